The molecule has 0 radical (unpaired) electrons. The predicted octanol–water partition coefficient (Wildman–Crippen LogP) is 2.09. The highest BCUT2D eigenvalue weighted by Gasteiger charge is 2.08. The minimum atomic E-state index is 0.480. The molecule has 0 bridgehead atoms. The fourth-order valence-electron chi connectivity index (χ4n) is 1.72. The van der Waals surface area contributed by atoms with E-state index >= 15 is 0 Å². The Kier molecular flexibility index (Phi) is 4.18. The normalized spacial score (nSPS) is 10.2. The van der Waals surface area contributed by atoms with E-state index < -0.39 is 0 Å². The van der Waals surface area contributed by atoms with E-state index in [-0.39, 0.29) is 0 Å². The van der Waals surface area contributed by atoms with Crippen LogP contribution in [-0.4, -0.2) is 23.6 Å². The van der Waals surface area contributed by atoms with Crippen LogP contribution in [-0.2, 0) is 6.54 Å². The van der Waals surface area contributed by atoms with Gasteiger partial charge in [-0.05, 0) is 31.2 Å². The first-order valence-corrected chi connectivity index (χ1v) is 6.21. The van der Waals surface area contributed by atoms with Crippen molar-refractivity contribution in [3.8, 4) is 5.88 Å². The van der Waals surface area contributed by atoms with Crippen LogP contribution in [0, 0.1) is 0 Å². The maximum atomic E-state index is 5.81. The molecule has 0 amide bonds. The number of anilines is 2. The van der Waals surface area contributed by atoms with Crippen LogP contribution >= 0.6 is 0 Å². The second-order valence-corrected chi connectivity index (χ2v) is 4.17. The molecule has 0 aliphatic heterocycles. The highest BCUT2D eigenvalue weighted by atomic mass is 16.5. The third-order valence-electron chi connectivity index (χ3n) is 2.67. The molecule has 2 N–H and O–H groups in total. The molecule has 2 aromatic rings. The van der Waals surface area contributed by atoms with E-state index in [2.05, 4.69) is 9.97 Å². The lowest BCUT2D eigenvalue weighted by Crippen LogP contribution is -2.18. The SMILES string of the molecule is CCOc1nc(N(C)Cc2ccccn2)ccc1N. The molecule has 100 valence electrons. The fraction of sp³-hybridized carbons (Fsp3) is 0.286. The molecule has 0 unspecified atom stereocenters. The van der Waals surface area contributed by atoms with Crippen molar-refractivity contribution in [3.63, 3.8) is 0 Å². The molecular weight excluding hydrogens is 240 g/mol. The number of nitrogens with two attached hydrogens (primary N) is 1. The molecule has 0 fully saturated rings. The minimum absolute atomic E-state index is 0.480. The summed E-state index contributed by atoms with van der Waals surface area (Å²) in [5, 5.41) is 0. The Morgan fingerprint density at radius 1 is 1.26 bits per heavy atom. The predicted molar refractivity (Wildman–Crippen MR) is 76.2 cm³/mol. The third-order valence-corrected chi connectivity index (χ3v) is 2.67. The maximum absolute atomic E-state index is 5.81. The lowest BCUT2D eigenvalue weighted by Gasteiger charge is -2.18. The van der Waals surface area contributed by atoms with Gasteiger partial charge in [0.05, 0.1) is 24.5 Å². The number of rotatable bonds is 5. The minimum Gasteiger partial charge on any atom is -0.476 e. The third kappa shape index (κ3) is 3.34. The second-order valence-electron chi connectivity index (χ2n) is 4.17. The Bertz CT molecular complexity index is 530. The summed E-state index contributed by atoms with van der Waals surface area (Å²) in [5.74, 6) is 1.29. The van der Waals surface area contributed by atoms with Crippen molar-refractivity contribution in [2.24, 2.45) is 0 Å². The quantitative estimate of drug-likeness (QED) is 0.889. The van der Waals surface area contributed by atoms with Crippen molar-refractivity contribution in [2.75, 3.05) is 24.3 Å². The van der Waals surface area contributed by atoms with Gasteiger partial charge in [-0.25, -0.2) is 0 Å². The first-order valence-electron chi connectivity index (χ1n) is 6.21. The summed E-state index contributed by atoms with van der Waals surface area (Å²) in [4.78, 5) is 10.7. The van der Waals surface area contributed by atoms with Crippen molar-refractivity contribution in [3.05, 3.63) is 42.2 Å². The van der Waals surface area contributed by atoms with Gasteiger partial charge in [-0.15, -0.1) is 0 Å². The van der Waals surface area contributed by atoms with Crippen LogP contribution < -0.4 is 15.4 Å². The van der Waals surface area contributed by atoms with Crippen molar-refractivity contribution >= 4 is 11.5 Å². The summed E-state index contributed by atoms with van der Waals surface area (Å²) in [6.45, 7) is 3.14. The molecule has 5 heteroatoms. The zero-order valence-corrected chi connectivity index (χ0v) is 11.2. The summed E-state index contributed by atoms with van der Waals surface area (Å²) >= 11 is 0. The molecule has 2 rings (SSSR count). The lowest BCUT2D eigenvalue weighted by molar-refractivity contribution is 0.329. The van der Waals surface area contributed by atoms with Gasteiger partial charge in [-0.3, -0.25) is 4.98 Å². The molecular formula is C14H18N4O. The highest BCUT2D eigenvalue weighted by Crippen LogP contribution is 2.23. The van der Waals surface area contributed by atoms with Crippen LogP contribution in [0.15, 0.2) is 36.5 Å². The number of hydrogen-bond donors (Lipinski definition) is 1. The van der Waals surface area contributed by atoms with Gasteiger partial charge in [0.1, 0.15) is 5.82 Å². The second kappa shape index (κ2) is 6.04. The Balaban J connectivity index is 2.15. The standard InChI is InChI=1S/C14H18N4O/c1-3-19-14-12(15)7-8-13(17-14)18(2)10-11-6-4-5-9-16-11/h4-9H,3,10,15H2,1-2H3. The van der Waals surface area contributed by atoms with Crippen LogP contribution in [0.1, 0.15) is 12.6 Å². The van der Waals surface area contributed by atoms with E-state index in [0.29, 0.717) is 24.7 Å². The fourth-order valence-corrected chi connectivity index (χ4v) is 1.72. The van der Waals surface area contributed by atoms with Crippen LogP contribution in [0.25, 0.3) is 0 Å². The van der Waals surface area contributed by atoms with E-state index in [1.54, 1.807) is 6.20 Å². The van der Waals surface area contributed by atoms with Crippen molar-refractivity contribution in [1.29, 1.82) is 0 Å². The first-order chi connectivity index (χ1) is 9.20. The first kappa shape index (κ1) is 13.1. The summed E-state index contributed by atoms with van der Waals surface area (Å²) in [6.07, 6.45) is 1.78. The summed E-state index contributed by atoms with van der Waals surface area (Å²) in [6, 6.07) is 9.54. The van der Waals surface area contributed by atoms with Gasteiger partial charge in [0.25, 0.3) is 0 Å². The van der Waals surface area contributed by atoms with Gasteiger partial charge >= 0.3 is 0 Å². The van der Waals surface area contributed by atoms with Crippen molar-refractivity contribution in [1.82, 2.24) is 9.97 Å². The number of hydrogen-bond acceptors (Lipinski definition) is 5. The zero-order valence-electron chi connectivity index (χ0n) is 11.2. The van der Waals surface area contributed by atoms with Crippen LogP contribution in [0.4, 0.5) is 11.5 Å². The number of ether oxygens (including phenoxy) is 1. The van der Waals surface area contributed by atoms with Crippen molar-refractivity contribution in [2.45, 2.75) is 13.5 Å². The Morgan fingerprint density at radius 2 is 2.11 bits per heavy atom. The zero-order chi connectivity index (χ0) is 13.7. The molecule has 2 heterocycles. The Hall–Kier alpha value is -2.30. The summed E-state index contributed by atoms with van der Waals surface area (Å²) in [5.41, 5.74) is 7.35. The molecule has 0 saturated carbocycles. The van der Waals surface area contributed by atoms with E-state index in [1.807, 2.05) is 49.2 Å². The van der Waals surface area contributed by atoms with Crippen molar-refractivity contribution < 1.29 is 4.74 Å². The van der Waals surface area contributed by atoms with E-state index in [4.69, 9.17) is 10.5 Å². The van der Waals surface area contributed by atoms with E-state index in [9.17, 15) is 0 Å². The van der Waals surface area contributed by atoms with Gasteiger partial charge in [-0.1, -0.05) is 6.07 Å². The van der Waals surface area contributed by atoms with Crippen LogP contribution in [0.3, 0.4) is 0 Å². The Morgan fingerprint density at radius 3 is 2.79 bits per heavy atom. The molecule has 0 spiro atoms. The average molecular weight is 258 g/mol. The summed E-state index contributed by atoms with van der Waals surface area (Å²) < 4.78 is 5.40. The van der Waals surface area contributed by atoms with E-state index in [1.165, 1.54) is 0 Å². The number of aromatic nitrogens is 2. The average Bonchev–Trinajstić information content (AvgIpc) is 2.42. The number of pyridine rings is 2. The Labute approximate surface area is 113 Å². The molecule has 19 heavy (non-hydrogen) atoms. The molecule has 0 aromatic carbocycles. The number of nitrogen functional groups attached to an aromatic ring is 1. The number of nitrogens with zero attached hydrogens (tertiary/aromatic N) is 3. The van der Waals surface area contributed by atoms with E-state index in [0.717, 1.165) is 11.5 Å². The molecule has 0 aliphatic carbocycles. The molecule has 2 aromatic heterocycles. The lowest BCUT2D eigenvalue weighted by atomic mass is 10.3. The largest absolute Gasteiger partial charge is 0.476 e. The van der Waals surface area contributed by atoms with Gasteiger partial charge in [0.2, 0.25) is 5.88 Å². The molecule has 5 nitrogen and oxygen atoms in total. The highest BCUT2D eigenvalue weighted by molar-refractivity contribution is 5.54. The van der Waals surface area contributed by atoms with Crippen LogP contribution in [0.5, 0.6) is 5.88 Å². The maximum Gasteiger partial charge on any atom is 0.239 e. The molecule has 0 aliphatic rings. The molecule has 0 atom stereocenters. The van der Waals surface area contributed by atoms with Gasteiger partial charge in [0.15, 0.2) is 0 Å². The topological polar surface area (TPSA) is 64.3 Å². The monoisotopic (exact) mass is 258 g/mol. The molecule has 0 saturated heterocycles. The van der Waals surface area contributed by atoms with Crippen LogP contribution in [0.2, 0.25) is 0 Å². The smallest absolute Gasteiger partial charge is 0.239 e. The van der Waals surface area contributed by atoms with Gasteiger partial charge < -0.3 is 15.4 Å². The van der Waals surface area contributed by atoms with Gasteiger partial charge in [0, 0.05) is 13.2 Å². The summed E-state index contributed by atoms with van der Waals surface area (Å²) in [7, 11) is 1.96. The van der Waals surface area contributed by atoms with Gasteiger partial charge in [-0.2, -0.15) is 4.98 Å².